The number of anilines is 1. The molecule has 6 heteroatoms. The molecule has 0 fully saturated rings. The average Bonchev–Trinajstić information content (AvgIpc) is 2.85. The van der Waals surface area contributed by atoms with E-state index in [1.54, 1.807) is 17.4 Å². The van der Waals surface area contributed by atoms with Crippen molar-refractivity contribution < 1.29 is 4.39 Å². The van der Waals surface area contributed by atoms with E-state index >= 15 is 0 Å². The number of rotatable bonds is 2. The van der Waals surface area contributed by atoms with Crippen molar-refractivity contribution >= 4 is 39.0 Å². The Labute approximate surface area is 124 Å². The second kappa shape index (κ2) is 5.00. The Kier molecular flexibility index (Phi) is 3.31. The molecule has 2 aromatic heterocycles. The van der Waals surface area contributed by atoms with Crippen LogP contribution in [0.2, 0.25) is 5.02 Å². The number of benzene rings is 1. The van der Waals surface area contributed by atoms with Crippen molar-refractivity contribution in [1.82, 2.24) is 9.97 Å². The first-order valence-corrected chi connectivity index (χ1v) is 7.29. The fraction of sp³-hybridized carbons (Fsp3) is 0.143. The van der Waals surface area contributed by atoms with E-state index in [4.69, 9.17) is 17.3 Å². The lowest BCUT2D eigenvalue weighted by Crippen LogP contribution is -1.96. The molecule has 0 aliphatic heterocycles. The van der Waals surface area contributed by atoms with Crippen LogP contribution in [0.3, 0.4) is 0 Å². The van der Waals surface area contributed by atoms with Crippen LogP contribution in [0, 0.1) is 5.82 Å². The number of nitrogen functional groups attached to an aromatic ring is 1. The van der Waals surface area contributed by atoms with Gasteiger partial charge in [-0.15, -0.1) is 11.3 Å². The van der Waals surface area contributed by atoms with Gasteiger partial charge in [-0.25, -0.2) is 14.4 Å². The van der Waals surface area contributed by atoms with Crippen LogP contribution in [0.15, 0.2) is 24.3 Å². The van der Waals surface area contributed by atoms with Gasteiger partial charge in [-0.3, -0.25) is 0 Å². The van der Waals surface area contributed by atoms with Crippen LogP contribution in [0.1, 0.15) is 11.8 Å². The SMILES string of the molecule is CCc1cc2c(N)nc(-c3ccc(F)c(Cl)c3)nc2s1. The predicted octanol–water partition coefficient (Wildman–Crippen LogP) is 4.30. The van der Waals surface area contributed by atoms with Gasteiger partial charge in [0.1, 0.15) is 16.5 Å². The normalized spacial score (nSPS) is 11.2. The second-order valence-electron chi connectivity index (χ2n) is 4.35. The number of nitrogens with zero attached hydrogens (tertiary/aromatic N) is 2. The molecule has 0 spiro atoms. The minimum absolute atomic E-state index is 0.0465. The van der Waals surface area contributed by atoms with Crippen LogP contribution in [0.25, 0.3) is 21.6 Å². The monoisotopic (exact) mass is 307 g/mol. The molecule has 0 aliphatic rings. The number of nitrogens with two attached hydrogens (primary N) is 1. The molecule has 3 nitrogen and oxygen atoms in total. The van der Waals surface area contributed by atoms with Gasteiger partial charge in [0.05, 0.1) is 10.4 Å². The largest absolute Gasteiger partial charge is 0.383 e. The van der Waals surface area contributed by atoms with Gasteiger partial charge < -0.3 is 5.73 Å². The molecule has 2 N–H and O–H groups in total. The highest BCUT2D eigenvalue weighted by Crippen LogP contribution is 2.31. The van der Waals surface area contributed by atoms with E-state index < -0.39 is 5.82 Å². The van der Waals surface area contributed by atoms with E-state index in [9.17, 15) is 4.39 Å². The van der Waals surface area contributed by atoms with Gasteiger partial charge in [-0.2, -0.15) is 0 Å². The van der Waals surface area contributed by atoms with E-state index in [0.29, 0.717) is 17.2 Å². The van der Waals surface area contributed by atoms with Crippen LogP contribution in [-0.2, 0) is 6.42 Å². The van der Waals surface area contributed by atoms with Crippen molar-refractivity contribution in [3.63, 3.8) is 0 Å². The maximum absolute atomic E-state index is 13.2. The number of hydrogen-bond donors (Lipinski definition) is 1. The lowest BCUT2D eigenvalue weighted by Gasteiger charge is -2.03. The molecule has 3 rings (SSSR count). The zero-order chi connectivity index (χ0) is 14.3. The number of aryl methyl sites for hydroxylation is 1. The minimum atomic E-state index is -0.464. The summed E-state index contributed by atoms with van der Waals surface area (Å²) in [6, 6.07) is 6.41. The highest BCUT2D eigenvalue weighted by atomic mass is 35.5. The summed E-state index contributed by atoms with van der Waals surface area (Å²) in [4.78, 5) is 10.8. The van der Waals surface area contributed by atoms with Crippen LogP contribution in [-0.4, -0.2) is 9.97 Å². The highest BCUT2D eigenvalue weighted by Gasteiger charge is 2.11. The quantitative estimate of drug-likeness (QED) is 0.768. The molecule has 3 aromatic rings. The molecule has 0 radical (unpaired) electrons. The smallest absolute Gasteiger partial charge is 0.163 e. The summed E-state index contributed by atoms with van der Waals surface area (Å²) in [7, 11) is 0. The Morgan fingerprint density at radius 2 is 2.10 bits per heavy atom. The number of fused-ring (bicyclic) bond motifs is 1. The van der Waals surface area contributed by atoms with E-state index in [-0.39, 0.29) is 5.02 Å². The second-order valence-corrected chi connectivity index (χ2v) is 5.87. The lowest BCUT2D eigenvalue weighted by atomic mass is 10.2. The van der Waals surface area contributed by atoms with Crippen molar-refractivity contribution in [2.75, 3.05) is 5.73 Å². The Balaban J connectivity index is 2.18. The van der Waals surface area contributed by atoms with Crippen molar-refractivity contribution in [1.29, 1.82) is 0 Å². The van der Waals surface area contributed by atoms with E-state index in [1.165, 1.54) is 17.0 Å². The van der Waals surface area contributed by atoms with Crippen LogP contribution in [0.4, 0.5) is 10.2 Å². The summed E-state index contributed by atoms with van der Waals surface area (Å²) in [5, 5.41) is 0.911. The fourth-order valence-electron chi connectivity index (χ4n) is 1.93. The maximum Gasteiger partial charge on any atom is 0.163 e. The van der Waals surface area contributed by atoms with Crippen LogP contribution < -0.4 is 5.73 Å². The van der Waals surface area contributed by atoms with Crippen LogP contribution >= 0.6 is 22.9 Å². The van der Waals surface area contributed by atoms with E-state index in [0.717, 1.165) is 16.6 Å². The maximum atomic E-state index is 13.2. The number of thiophene rings is 1. The number of aromatic nitrogens is 2. The molecule has 1 aromatic carbocycles. The highest BCUT2D eigenvalue weighted by molar-refractivity contribution is 7.18. The molecule has 0 saturated carbocycles. The molecule has 0 bridgehead atoms. The third-order valence-electron chi connectivity index (χ3n) is 3.00. The Hall–Kier alpha value is -1.72. The Morgan fingerprint density at radius 3 is 2.80 bits per heavy atom. The van der Waals surface area contributed by atoms with Gasteiger partial charge in [-0.05, 0) is 30.7 Å². The average molecular weight is 308 g/mol. The third kappa shape index (κ3) is 2.23. The van der Waals surface area contributed by atoms with Gasteiger partial charge in [0.15, 0.2) is 5.82 Å². The fourth-order valence-corrected chi connectivity index (χ4v) is 3.09. The topological polar surface area (TPSA) is 51.8 Å². The summed E-state index contributed by atoms with van der Waals surface area (Å²) in [5.74, 6) is 0.427. The summed E-state index contributed by atoms with van der Waals surface area (Å²) < 4.78 is 13.2. The number of halogens is 2. The first-order chi connectivity index (χ1) is 9.58. The Morgan fingerprint density at radius 1 is 1.30 bits per heavy atom. The molecule has 0 aliphatic carbocycles. The molecule has 20 heavy (non-hydrogen) atoms. The van der Waals surface area contributed by atoms with Crippen molar-refractivity contribution in [2.24, 2.45) is 0 Å². The molecular formula is C14H11ClFN3S. The minimum Gasteiger partial charge on any atom is -0.383 e. The molecule has 2 heterocycles. The number of hydrogen-bond acceptors (Lipinski definition) is 4. The lowest BCUT2D eigenvalue weighted by molar-refractivity contribution is 0.628. The zero-order valence-electron chi connectivity index (χ0n) is 10.7. The summed E-state index contributed by atoms with van der Waals surface area (Å²) >= 11 is 7.38. The summed E-state index contributed by atoms with van der Waals surface area (Å²) in [5.41, 5.74) is 6.63. The molecule has 0 saturated heterocycles. The molecule has 0 unspecified atom stereocenters. The van der Waals surface area contributed by atoms with E-state index in [2.05, 4.69) is 16.9 Å². The first-order valence-electron chi connectivity index (χ1n) is 6.10. The first kappa shape index (κ1) is 13.3. The third-order valence-corrected chi connectivity index (χ3v) is 4.46. The van der Waals surface area contributed by atoms with Gasteiger partial charge in [0.25, 0.3) is 0 Å². The van der Waals surface area contributed by atoms with Gasteiger partial charge >= 0.3 is 0 Å². The molecule has 0 amide bonds. The summed E-state index contributed by atoms with van der Waals surface area (Å²) in [6.45, 7) is 2.08. The van der Waals surface area contributed by atoms with Gasteiger partial charge in [0, 0.05) is 10.4 Å². The van der Waals surface area contributed by atoms with Gasteiger partial charge in [-0.1, -0.05) is 18.5 Å². The Bertz CT molecular complexity index is 800. The van der Waals surface area contributed by atoms with Crippen LogP contribution in [0.5, 0.6) is 0 Å². The van der Waals surface area contributed by atoms with Crippen molar-refractivity contribution in [2.45, 2.75) is 13.3 Å². The van der Waals surface area contributed by atoms with Crippen molar-refractivity contribution in [3.05, 3.63) is 40.0 Å². The van der Waals surface area contributed by atoms with Gasteiger partial charge in [0.2, 0.25) is 0 Å². The molecule has 102 valence electrons. The summed E-state index contributed by atoms with van der Waals surface area (Å²) in [6.07, 6.45) is 0.929. The zero-order valence-corrected chi connectivity index (χ0v) is 12.2. The molecular weight excluding hydrogens is 297 g/mol. The standard InChI is InChI=1S/C14H11ClFN3S/c1-2-8-6-9-12(17)18-13(19-14(9)20-8)7-3-4-11(16)10(15)5-7/h3-6H,2H2,1H3,(H2,17,18,19). The molecule has 0 atom stereocenters. The van der Waals surface area contributed by atoms with E-state index in [1.807, 2.05) is 6.07 Å². The van der Waals surface area contributed by atoms with Crippen molar-refractivity contribution in [3.8, 4) is 11.4 Å². The predicted molar refractivity (Wildman–Crippen MR) is 81.6 cm³/mol.